The first-order chi connectivity index (χ1) is 18.4. The van der Waals surface area contributed by atoms with E-state index in [9.17, 15) is 0 Å². The van der Waals surface area contributed by atoms with Gasteiger partial charge in [0.25, 0.3) is 0 Å². The van der Waals surface area contributed by atoms with Crippen molar-refractivity contribution in [1.82, 2.24) is 4.98 Å². The molecule has 0 radical (unpaired) electrons. The number of rotatable bonds is 2. The van der Waals surface area contributed by atoms with Crippen LogP contribution in [-0.2, 0) is 5.41 Å². The third kappa shape index (κ3) is 4.51. The lowest BCUT2D eigenvalue weighted by Crippen LogP contribution is -2.52. The van der Waals surface area contributed by atoms with Crippen LogP contribution in [0.25, 0.3) is 32.8 Å². The Morgan fingerprint density at radius 1 is 0.795 bits per heavy atom. The van der Waals surface area contributed by atoms with Crippen molar-refractivity contribution in [3.05, 3.63) is 78.0 Å². The molecular formula is C37H45NS. The van der Waals surface area contributed by atoms with E-state index in [4.69, 9.17) is 17.6 Å². The minimum atomic E-state index is 0.0455. The first-order valence-corrected chi connectivity index (χ1v) is 15.5. The molecule has 1 nitrogen and oxygen atoms in total. The first-order valence-electron chi connectivity index (χ1n) is 15.0. The molecule has 4 unspecified atom stereocenters. The summed E-state index contributed by atoms with van der Waals surface area (Å²) in [6, 6.07) is 22.7. The maximum atomic E-state index is 5.47. The molecular weight excluding hydrogens is 490 g/mol. The predicted molar refractivity (Wildman–Crippen MR) is 172 cm³/mol. The highest BCUT2D eigenvalue weighted by Gasteiger charge is 2.53. The zero-order valence-corrected chi connectivity index (χ0v) is 25.8. The summed E-state index contributed by atoms with van der Waals surface area (Å²) in [6.07, 6.45) is 7.18. The van der Waals surface area contributed by atoms with E-state index in [0.717, 1.165) is 11.6 Å². The minimum absolute atomic E-state index is 0.0455. The van der Waals surface area contributed by atoms with Crippen molar-refractivity contribution in [3.8, 4) is 11.3 Å². The van der Waals surface area contributed by atoms with Gasteiger partial charge in [-0.15, -0.1) is 0 Å². The van der Waals surface area contributed by atoms with Crippen molar-refractivity contribution in [2.75, 3.05) is 0 Å². The van der Waals surface area contributed by atoms with E-state index >= 15 is 0 Å². The molecule has 4 aromatic rings. The number of nitrogens with zero attached hydrogens (tertiary/aromatic N) is 1. The Balaban J connectivity index is 1.48. The average Bonchev–Trinajstić information content (AvgIpc) is 2.89. The van der Waals surface area contributed by atoms with Crippen LogP contribution >= 0.6 is 12.6 Å². The maximum Gasteiger partial charge on any atom is 0.0780 e. The molecule has 2 aliphatic rings. The van der Waals surface area contributed by atoms with Crippen molar-refractivity contribution in [2.24, 2.45) is 22.7 Å². The Hall–Kier alpha value is -2.32. The van der Waals surface area contributed by atoms with Crippen molar-refractivity contribution in [2.45, 2.75) is 90.7 Å². The molecule has 1 aromatic heterocycles. The molecule has 0 spiro atoms. The van der Waals surface area contributed by atoms with Crippen LogP contribution in [0.3, 0.4) is 0 Å². The molecule has 39 heavy (non-hydrogen) atoms. The van der Waals surface area contributed by atoms with Crippen LogP contribution in [-0.4, -0.2) is 10.2 Å². The molecule has 2 saturated carbocycles. The van der Waals surface area contributed by atoms with Crippen molar-refractivity contribution < 1.29 is 0 Å². The van der Waals surface area contributed by atoms with E-state index in [2.05, 4.69) is 109 Å². The quantitative estimate of drug-likeness (QED) is 0.252. The Bertz CT molecular complexity index is 1540. The first kappa shape index (κ1) is 26.9. The molecule has 1 heterocycles. The fourth-order valence-electron chi connectivity index (χ4n) is 8.27. The second kappa shape index (κ2) is 9.37. The van der Waals surface area contributed by atoms with E-state index in [1.807, 2.05) is 6.20 Å². The molecule has 2 fully saturated rings. The smallest absolute Gasteiger partial charge is 0.0780 e. The van der Waals surface area contributed by atoms with Crippen LogP contribution in [0, 0.1) is 22.7 Å². The van der Waals surface area contributed by atoms with Gasteiger partial charge in [0.15, 0.2) is 0 Å². The molecule has 4 atom stereocenters. The standard InChI is InChI=1S/C37H45NS/c1-35(2,3)31-22-24(21-23-11-8-9-12-25(23)31)33-28-14-10-13-26(27(28)17-20-38-33)29-15-16-30-32(34(29)39)37(6,7)19-18-36(30,4)5/h8-14,17,20-22,29-30,32,34,39H,15-16,18-19H2,1-7H3. The van der Waals surface area contributed by atoms with Crippen molar-refractivity contribution >= 4 is 34.2 Å². The molecule has 0 bridgehead atoms. The number of pyridine rings is 1. The maximum absolute atomic E-state index is 5.47. The number of fused-ring (bicyclic) bond motifs is 3. The van der Waals surface area contributed by atoms with E-state index in [1.54, 1.807) is 0 Å². The van der Waals surface area contributed by atoms with E-state index < -0.39 is 0 Å². The summed E-state index contributed by atoms with van der Waals surface area (Å²) < 4.78 is 0. The van der Waals surface area contributed by atoms with Gasteiger partial charge in [-0.05, 0) is 105 Å². The highest BCUT2D eigenvalue weighted by Crippen LogP contribution is 2.61. The largest absolute Gasteiger partial charge is 0.256 e. The topological polar surface area (TPSA) is 12.9 Å². The Morgan fingerprint density at radius 3 is 2.28 bits per heavy atom. The summed E-state index contributed by atoms with van der Waals surface area (Å²) in [7, 11) is 0. The van der Waals surface area contributed by atoms with Gasteiger partial charge in [-0.3, -0.25) is 4.98 Å². The van der Waals surface area contributed by atoms with Gasteiger partial charge in [-0.1, -0.05) is 90.9 Å². The fourth-order valence-corrected chi connectivity index (χ4v) is 9.19. The number of aromatic nitrogens is 1. The third-order valence-corrected chi connectivity index (χ3v) is 11.2. The third-order valence-electron chi connectivity index (χ3n) is 10.5. The van der Waals surface area contributed by atoms with Crippen LogP contribution < -0.4 is 0 Å². The molecule has 204 valence electrons. The highest BCUT2D eigenvalue weighted by molar-refractivity contribution is 7.81. The fraction of sp³-hybridized carbons (Fsp3) is 0.486. The summed E-state index contributed by atoms with van der Waals surface area (Å²) in [4.78, 5) is 5.00. The molecule has 6 rings (SSSR count). The number of hydrogen-bond acceptors (Lipinski definition) is 2. The summed E-state index contributed by atoms with van der Waals surface area (Å²) in [5.74, 6) is 1.85. The number of hydrogen-bond donors (Lipinski definition) is 1. The monoisotopic (exact) mass is 535 g/mol. The lowest BCUT2D eigenvalue weighted by molar-refractivity contribution is -0.0451. The summed E-state index contributed by atoms with van der Waals surface area (Å²) >= 11 is 5.47. The van der Waals surface area contributed by atoms with Gasteiger partial charge in [0.2, 0.25) is 0 Å². The van der Waals surface area contributed by atoms with Gasteiger partial charge in [-0.2, -0.15) is 12.6 Å². The lowest BCUT2D eigenvalue weighted by Gasteiger charge is -2.58. The zero-order chi connectivity index (χ0) is 27.7. The second-order valence-electron chi connectivity index (χ2n) is 14.9. The van der Waals surface area contributed by atoms with Crippen LogP contribution in [0.4, 0.5) is 0 Å². The highest BCUT2D eigenvalue weighted by atomic mass is 32.1. The normalized spacial score (nSPS) is 26.5. The SMILES string of the molecule is CC(C)(C)c1cc(-c2nccc3c(C4CCC5C(C4S)C(C)(C)CCC5(C)C)cccc23)cc2ccccc12. The Kier molecular flexibility index (Phi) is 6.46. The molecule has 2 heteroatoms. The molecule has 0 aliphatic heterocycles. The van der Waals surface area contributed by atoms with E-state index in [0.29, 0.717) is 27.9 Å². The van der Waals surface area contributed by atoms with Gasteiger partial charge in [0, 0.05) is 22.4 Å². The predicted octanol–water partition coefficient (Wildman–Crippen LogP) is 10.6. The summed E-state index contributed by atoms with van der Waals surface area (Å²) in [5.41, 5.74) is 5.92. The van der Waals surface area contributed by atoms with Crippen molar-refractivity contribution in [1.29, 1.82) is 0 Å². The van der Waals surface area contributed by atoms with Crippen LogP contribution in [0.1, 0.15) is 91.2 Å². The van der Waals surface area contributed by atoms with E-state index in [-0.39, 0.29) is 5.41 Å². The average molecular weight is 536 g/mol. The van der Waals surface area contributed by atoms with Gasteiger partial charge in [-0.25, -0.2) is 0 Å². The number of thiol groups is 1. The van der Waals surface area contributed by atoms with Crippen LogP contribution in [0.5, 0.6) is 0 Å². The van der Waals surface area contributed by atoms with E-state index in [1.165, 1.54) is 63.9 Å². The second-order valence-corrected chi connectivity index (χ2v) is 15.5. The molecule has 3 aromatic carbocycles. The number of benzene rings is 3. The Morgan fingerprint density at radius 2 is 1.51 bits per heavy atom. The van der Waals surface area contributed by atoms with Gasteiger partial charge < -0.3 is 0 Å². The van der Waals surface area contributed by atoms with Gasteiger partial charge in [0.05, 0.1) is 5.69 Å². The minimum Gasteiger partial charge on any atom is -0.256 e. The molecule has 0 amide bonds. The molecule has 0 saturated heterocycles. The summed E-state index contributed by atoms with van der Waals surface area (Å²) in [5, 5.41) is 5.60. The summed E-state index contributed by atoms with van der Waals surface area (Å²) in [6.45, 7) is 16.9. The molecule has 0 N–H and O–H groups in total. The Labute approximate surface area is 241 Å². The van der Waals surface area contributed by atoms with Crippen LogP contribution in [0.2, 0.25) is 0 Å². The van der Waals surface area contributed by atoms with Crippen molar-refractivity contribution in [3.63, 3.8) is 0 Å². The molecule has 2 aliphatic carbocycles. The van der Waals surface area contributed by atoms with Crippen LogP contribution in [0.15, 0.2) is 66.9 Å². The zero-order valence-electron chi connectivity index (χ0n) is 24.9. The van der Waals surface area contributed by atoms with Gasteiger partial charge >= 0.3 is 0 Å². The lowest BCUT2D eigenvalue weighted by atomic mass is 9.49. The van der Waals surface area contributed by atoms with Gasteiger partial charge in [0.1, 0.15) is 0 Å².